The lowest BCUT2D eigenvalue weighted by atomic mass is 10.2. The van der Waals surface area contributed by atoms with E-state index in [1.807, 2.05) is 0 Å². The average molecular weight is 364 g/mol. The molecule has 1 aromatic rings. The molecule has 2 rings (SSSR count). The van der Waals surface area contributed by atoms with Crippen molar-refractivity contribution in [3.8, 4) is 5.75 Å². The van der Waals surface area contributed by atoms with Crippen LogP contribution in [0.4, 0.5) is 0 Å². The van der Waals surface area contributed by atoms with Crippen LogP contribution in [-0.4, -0.2) is 34.8 Å². The second-order valence-corrected chi connectivity index (χ2v) is 7.33. The predicted molar refractivity (Wildman–Crippen MR) is 79.6 cm³/mol. The third kappa shape index (κ3) is 3.52. The normalized spacial score (nSPS) is 19.2. The molecule has 5 nitrogen and oxygen atoms in total. The number of ether oxygens (including phenoxy) is 2. The SMILES string of the molecule is COc1cc(S(=O)(=O)NC[C@@H]2CCCO2)c(C)cc1Br. The van der Waals surface area contributed by atoms with Crippen LogP contribution in [0.2, 0.25) is 0 Å². The van der Waals surface area contributed by atoms with Crippen LogP contribution in [0.5, 0.6) is 5.75 Å². The summed E-state index contributed by atoms with van der Waals surface area (Å²) < 4.78 is 38.6. The number of sulfonamides is 1. The molecule has 20 heavy (non-hydrogen) atoms. The number of benzene rings is 1. The molecule has 0 aliphatic carbocycles. The minimum atomic E-state index is -3.56. The van der Waals surface area contributed by atoms with Crippen LogP contribution in [0.1, 0.15) is 18.4 Å². The molecule has 1 aliphatic heterocycles. The molecule has 1 atom stereocenters. The van der Waals surface area contributed by atoms with Gasteiger partial charge in [-0.2, -0.15) is 0 Å². The fourth-order valence-corrected chi connectivity index (χ4v) is 4.09. The molecule has 7 heteroatoms. The molecule has 1 aromatic carbocycles. The molecule has 1 fully saturated rings. The van der Waals surface area contributed by atoms with Crippen LogP contribution >= 0.6 is 15.9 Å². The van der Waals surface area contributed by atoms with E-state index < -0.39 is 10.0 Å². The standard InChI is InChI=1S/C13H18BrNO4S/c1-9-6-11(14)12(18-2)7-13(9)20(16,17)15-8-10-4-3-5-19-10/h6-7,10,15H,3-5,8H2,1-2H3/t10-/m0/s1. The summed E-state index contributed by atoms with van der Waals surface area (Å²) in [7, 11) is -2.05. The second kappa shape index (κ2) is 6.43. The molecule has 1 N–H and O–H groups in total. The quantitative estimate of drug-likeness (QED) is 0.870. The molecular weight excluding hydrogens is 346 g/mol. The number of methoxy groups -OCH3 is 1. The highest BCUT2D eigenvalue weighted by molar-refractivity contribution is 9.10. The van der Waals surface area contributed by atoms with Gasteiger partial charge < -0.3 is 9.47 Å². The molecule has 0 aromatic heterocycles. The fourth-order valence-electron chi connectivity index (χ4n) is 2.17. The number of aryl methyl sites for hydroxylation is 1. The van der Waals surface area contributed by atoms with E-state index in [4.69, 9.17) is 9.47 Å². The lowest BCUT2D eigenvalue weighted by molar-refractivity contribution is 0.114. The summed E-state index contributed by atoms with van der Waals surface area (Å²) in [5, 5.41) is 0. The van der Waals surface area contributed by atoms with Crippen molar-refractivity contribution in [1.82, 2.24) is 4.72 Å². The first-order chi connectivity index (χ1) is 9.44. The average Bonchev–Trinajstić information content (AvgIpc) is 2.89. The minimum absolute atomic E-state index is 0.0255. The molecule has 1 heterocycles. The van der Waals surface area contributed by atoms with Crippen LogP contribution in [0.15, 0.2) is 21.5 Å². The second-order valence-electron chi connectivity index (χ2n) is 4.74. The van der Waals surface area contributed by atoms with E-state index in [-0.39, 0.29) is 11.0 Å². The Labute approximate surface area is 127 Å². The summed E-state index contributed by atoms with van der Waals surface area (Å²) >= 11 is 3.34. The number of halogens is 1. The Balaban J connectivity index is 2.19. The van der Waals surface area contributed by atoms with E-state index in [2.05, 4.69) is 20.7 Å². The molecule has 1 saturated heterocycles. The van der Waals surface area contributed by atoms with Gasteiger partial charge in [0.05, 0.1) is 22.6 Å². The zero-order valence-electron chi connectivity index (χ0n) is 11.5. The van der Waals surface area contributed by atoms with Crippen molar-refractivity contribution in [2.75, 3.05) is 20.3 Å². The maximum atomic E-state index is 12.4. The van der Waals surface area contributed by atoms with E-state index in [0.717, 1.165) is 17.3 Å². The smallest absolute Gasteiger partial charge is 0.241 e. The van der Waals surface area contributed by atoms with Crippen molar-refractivity contribution < 1.29 is 17.9 Å². The summed E-state index contributed by atoms with van der Waals surface area (Å²) in [6.07, 6.45) is 1.85. The molecule has 112 valence electrons. The molecular formula is C13H18BrNO4S. The van der Waals surface area contributed by atoms with Crippen LogP contribution in [-0.2, 0) is 14.8 Å². The van der Waals surface area contributed by atoms with Crippen LogP contribution < -0.4 is 9.46 Å². The Hall–Kier alpha value is -0.630. The molecule has 0 radical (unpaired) electrons. The monoisotopic (exact) mass is 363 g/mol. The molecule has 0 saturated carbocycles. The van der Waals surface area contributed by atoms with Gasteiger partial charge in [-0.25, -0.2) is 13.1 Å². The molecule has 0 unspecified atom stereocenters. The third-order valence-electron chi connectivity index (χ3n) is 3.26. The zero-order chi connectivity index (χ0) is 14.8. The van der Waals surface area contributed by atoms with Crippen molar-refractivity contribution in [2.24, 2.45) is 0 Å². The summed E-state index contributed by atoms with van der Waals surface area (Å²) in [4.78, 5) is 0.232. The maximum Gasteiger partial charge on any atom is 0.241 e. The largest absolute Gasteiger partial charge is 0.496 e. The van der Waals surface area contributed by atoms with E-state index in [1.165, 1.54) is 13.2 Å². The van der Waals surface area contributed by atoms with Crippen molar-refractivity contribution in [3.05, 3.63) is 22.2 Å². The van der Waals surface area contributed by atoms with Gasteiger partial charge in [0.2, 0.25) is 10.0 Å². The Morgan fingerprint density at radius 3 is 2.85 bits per heavy atom. The van der Waals surface area contributed by atoms with E-state index >= 15 is 0 Å². The first kappa shape index (κ1) is 15.8. The van der Waals surface area contributed by atoms with Gasteiger partial charge in [-0.15, -0.1) is 0 Å². The van der Waals surface area contributed by atoms with Gasteiger partial charge in [0, 0.05) is 19.2 Å². The highest BCUT2D eigenvalue weighted by atomic mass is 79.9. The first-order valence-corrected chi connectivity index (χ1v) is 8.67. The highest BCUT2D eigenvalue weighted by Crippen LogP contribution is 2.30. The van der Waals surface area contributed by atoms with Gasteiger partial charge >= 0.3 is 0 Å². The van der Waals surface area contributed by atoms with Crippen molar-refractivity contribution in [3.63, 3.8) is 0 Å². The van der Waals surface area contributed by atoms with Crippen molar-refractivity contribution in [2.45, 2.75) is 30.8 Å². The van der Waals surface area contributed by atoms with E-state index in [1.54, 1.807) is 13.0 Å². The van der Waals surface area contributed by atoms with Gasteiger partial charge in [-0.05, 0) is 47.3 Å². The van der Waals surface area contributed by atoms with Crippen LogP contribution in [0.25, 0.3) is 0 Å². The third-order valence-corrected chi connectivity index (χ3v) is 5.45. The Morgan fingerprint density at radius 1 is 1.50 bits per heavy atom. The van der Waals surface area contributed by atoms with E-state index in [9.17, 15) is 8.42 Å². The summed E-state index contributed by atoms with van der Waals surface area (Å²) in [5.74, 6) is 0.494. The Kier molecular flexibility index (Phi) is 5.06. The maximum absolute atomic E-state index is 12.4. The summed E-state index contributed by atoms with van der Waals surface area (Å²) in [5.41, 5.74) is 0.664. The van der Waals surface area contributed by atoms with Gasteiger partial charge in [-0.3, -0.25) is 0 Å². The first-order valence-electron chi connectivity index (χ1n) is 6.39. The number of nitrogens with one attached hydrogen (secondary N) is 1. The number of rotatable bonds is 5. The Morgan fingerprint density at radius 2 is 2.25 bits per heavy atom. The topological polar surface area (TPSA) is 64.6 Å². The molecule has 0 bridgehead atoms. The minimum Gasteiger partial charge on any atom is -0.496 e. The number of hydrogen-bond donors (Lipinski definition) is 1. The van der Waals surface area contributed by atoms with Crippen molar-refractivity contribution >= 4 is 26.0 Å². The van der Waals surface area contributed by atoms with Crippen LogP contribution in [0, 0.1) is 6.92 Å². The van der Waals surface area contributed by atoms with Gasteiger partial charge in [0.25, 0.3) is 0 Å². The van der Waals surface area contributed by atoms with Gasteiger partial charge in [-0.1, -0.05) is 0 Å². The van der Waals surface area contributed by atoms with Gasteiger partial charge in [0.1, 0.15) is 5.75 Å². The fraction of sp³-hybridized carbons (Fsp3) is 0.538. The lowest BCUT2D eigenvalue weighted by Crippen LogP contribution is -2.32. The van der Waals surface area contributed by atoms with E-state index in [0.29, 0.717) is 24.5 Å². The van der Waals surface area contributed by atoms with Crippen LogP contribution in [0.3, 0.4) is 0 Å². The summed E-state index contributed by atoms with van der Waals surface area (Å²) in [6.45, 7) is 2.77. The predicted octanol–water partition coefficient (Wildman–Crippen LogP) is 2.22. The zero-order valence-corrected chi connectivity index (χ0v) is 13.9. The summed E-state index contributed by atoms with van der Waals surface area (Å²) in [6, 6.07) is 3.26. The van der Waals surface area contributed by atoms with Crippen molar-refractivity contribution in [1.29, 1.82) is 0 Å². The molecule has 1 aliphatic rings. The lowest BCUT2D eigenvalue weighted by Gasteiger charge is -2.14. The van der Waals surface area contributed by atoms with Gasteiger partial charge in [0.15, 0.2) is 0 Å². The molecule has 0 spiro atoms. The number of hydrogen-bond acceptors (Lipinski definition) is 4. The molecule has 0 amide bonds. The highest BCUT2D eigenvalue weighted by Gasteiger charge is 2.22. The Bertz CT molecular complexity index is 582.